The van der Waals surface area contributed by atoms with E-state index in [1.165, 1.54) is 5.56 Å². The summed E-state index contributed by atoms with van der Waals surface area (Å²) in [6, 6.07) is 4.14. The van der Waals surface area contributed by atoms with E-state index in [0.717, 1.165) is 69.7 Å². The van der Waals surface area contributed by atoms with Crippen molar-refractivity contribution in [3.05, 3.63) is 35.8 Å². The van der Waals surface area contributed by atoms with Crippen LogP contribution in [-0.2, 0) is 11.2 Å². The van der Waals surface area contributed by atoms with Crippen molar-refractivity contribution in [2.24, 2.45) is 4.99 Å². The second-order valence-corrected chi connectivity index (χ2v) is 6.28. The zero-order chi connectivity index (χ0) is 17.5. The van der Waals surface area contributed by atoms with Crippen LogP contribution in [0.1, 0.15) is 11.3 Å². The number of morpholine rings is 1. The molecule has 1 aliphatic heterocycles. The van der Waals surface area contributed by atoms with Gasteiger partial charge in [-0.25, -0.2) is 4.98 Å². The SMILES string of the molecule is CN=C(NCCc1cn2cccc(C)c2n1)NCCN1CCOCC1.I. The van der Waals surface area contributed by atoms with Gasteiger partial charge in [0.1, 0.15) is 5.65 Å². The van der Waals surface area contributed by atoms with E-state index < -0.39 is 0 Å². The van der Waals surface area contributed by atoms with E-state index in [2.05, 4.69) is 44.1 Å². The summed E-state index contributed by atoms with van der Waals surface area (Å²) in [5.41, 5.74) is 3.32. The Bertz CT molecular complexity index is 711. The number of nitrogens with zero attached hydrogens (tertiary/aromatic N) is 4. The minimum absolute atomic E-state index is 0. The van der Waals surface area contributed by atoms with E-state index in [4.69, 9.17) is 9.72 Å². The quantitative estimate of drug-likeness (QED) is 0.377. The minimum Gasteiger partial charge on any atom is -0.379 e. The third-order valence-corrected chi connectivity index (χ3v) is 4.45. The fourth-order valence-electron chi connectivity index (χ4n) is 3.01. The van der Waals surface area contributed by atoms with E-state index in [1.54, 1.807) is 7.05 Å². The first kappa shape index (κ1) is 20.9. The number of fused-ring (bicyclic) bond motifs is 1. The number of nitrogens with one attached hydrogen (secondary N) is 2. The van der Waals surface area contributed by atoms with Gasteiger partial charge in [0.05, 0.1) is 18.9 Å². The molecule has 0 aliphatic carbocycles. The van der Waals surface area contributed by atoms with Crippen LogP contribution >= 0.6 is 24.0 Å². The van der Waals surface area contributed by atoms with Gasteiger partial charge in [-0.2, -0.15) is 0 Å². The van der Waals surface area contributed by atoms with Gasteiger partial charge in [-0.15, -0.1) is 24.0 Å². The molecule has 0 spiro atoms. The largest absolute Gasteiger partial charge is 0.379 e. The number of rotatable bonds is 6. The molecule has 8 heteroatoms. The summed E-state index contributed by atoms with van der Waals surface area (Å²) in [7, 11) is 1.80. The van der Waals surface area contributed by atoms with Gasteiger partial charge in [0.25, 0.3) is 0 Å². The van der Waals surface area contributed by atoms with Crippen molar-refractivity contribution in [2.75, 3.05) is 53.0 Å². The van der Waals surface area contributed by atoms with Crippen molar-refractivity contribution in [3.63, 3.8) is 0 Å². The number of imidazole rings is 1. The highest BCUT2D eigenvalue weighted by molar-refractivity contribution is 14.0. The molecule has 3 rings (SSSR count). The molecule has 7 nitrogen and oxygen atoms in total. The summed E-state index contributed by atoms with van der Waals surface area (Å²) in [5.74, 6) is 0.841. The number of halogens is 1. The maximum Gasteiger partial charge on any atom is 0.191 e. The number of pyridine rings is 1. The van der Waals surface area contributed by atoms with E-state index in [1.807, 2.05) is 12.3 Å². The van der Waals surface area contributed by atoms with E-state index >= 15 is 0 Å². The van der Waals surface area contributed by atoms with E-state index in [-0.39, 0.29) is 24.0 Å². The van der Waals surface area contributed by atoms with Gasteiger partial charge in [0.2, 0.25) is 0 Å². The van der Waals surface area contributed by atoms with Gasteiger partial charge in [-0.3, -0.25) is 9.89 Å². The van der Waals surface area contributed by atoms with Crippen molar-refractivity contribution in [2.45, 2.75) is 13.3 Å². The Kier molecular flexibility index (Phi) is 8.60. The molecule has 1 saturated heterocycles. The summed E-state index contributed by atoms with van der Waals surface area (Å²) in [5, 5.41) is 6.73. The monoisotopic (exact) mass is 472 g/mol. The zero-order valence-electron chi connectivity index (χ0n) is 15.6. The molecule has 0 saturated carbocycles. The Balaban J connectivity index is 0.00000243. The van der Waals surface area contributed by atoms with Crippen LogP contribution in [-0.4, -0.2) is 73.2 Å². The molecule has 0 bridgehead atoms. The molecule has 144 valence electrons. The number of aromatic nitrogens is 2. The van der Waals surface area contributed by atoms with Gasteiger partial charge < -0.3 is 19.8 Å². The molecule has 2 aromatic rings. The highest BCUT2D eigenvalue weighted by Crippen LogP contribution is 2.09. The minimum atomic E-state index is 0. The third kappa shape index (κ3) is 5.82. The number of hydrogen-bond acceptors (Lipinski definition) is 4. The third-order valence-electron chi connectivity index (χ3n) is 4.45. The smallest absolute Gasteiger partial charge is 0.191 e. The van der Waals surface area contributed by atoms with Crippen LogP contribution in [0.3, 0.4) is 0 Å². The average molecular weight is 472 g/mol. The van der Waals surface area contributed by atoms with Crippen LogP contribution < -0.4 is 10.6 Å². The second kappa shape index (κ2) is 10.7. The maximum atomic E-state index is 5.37. The zero-order valence-corrected chi connectivity index (χ0v) is 17.9. The predicted octanol–water partition coefficient (Wildman–Crippen LogP) is 1.30. The number of aryl methyl sites for hydroxylation is 1. The number of ether oxygens (including phenoxy) is 1. The topological polar surface area (TPSA) is 66.2 Å². The molecule has 26 heavy (non-hydrogen) atoms. The van der Waals surface area contributed by atoms with Crippen LogP contribution in [0.4, 0.5) is 0 Å². The van der Waals surface area contributed by atoms with Gasteiger partial charge in [-0.05, 0) is 18.6 Å². The van der Waals surface area contributed by atoms with Crippen molar-refractivity contribution < 1.29 is 4.74 Å². The molecule has 2 aromatic heterocycles. The van der Waals surface area contributed by atoms with Gasteiger partial charge in [0, 0.05) is 58.6 Å². The molecule has 0 atom stereocenters. The molecular weight excluding hydrogens is 443 g/mol. The fraction of sp³-hybridized carbons (Fsp3) is 0.556. The first-order valence-electron chi connectivity index (χ1n) is 8.94. The summed E-state index contributed by atoms with van der Waals surface area (Å²) in [6.45, 7) is 8.49. The van der Waals surface area contributed by atoms with Crippen LogP contribution in [0.5, 0.6) is 0 Å². The second-order valence-electron chi connectivity index (χ2n) is 6.28. The lowest BCUT2D eigenvalue weighted by Gasteiger charge is -2.26. The molecule has 0 amide bonds. The average Bonchev–Trinajstić information content (AvgIpc) is 3.06. The molecule has 0 unspecified atom stereocenters. The van der Waals surface area contributed by atoms with Crippen LogP contribution in [0.2, 0.25) is 0 Å². The number of aliphatic imine (C=N–C) groups is 1. The lowest BCUT2D eigenvalue weighted by Crippen LogP contribution is -2.44. The van der Waals surface area contributed by atoms with Crippen molar-refractivity contribution in [3.8, 4) is 0 Å². The Morgan fingerprint density at radius 3 is 2.77 bits per heavy atom. The Morgan fingerprint density at radius 1 is 1.27 bits per heavy atom. The van der Waals surface area contributed by atoms with Crippen molar-refractivity contribution >= 4 is 35.6 Å². The predicted molar refractivity (Wildman–Crippen MR) is 116 cm³/mol. The Labute approximate surface area is 172 Å². The lowest BCUT2D eigenvalue weighted by atomic mass is 10.3. The van der Waals surface area contributed by atoms with Gasteiger partial charge in [0.15, 0.2) is 5.96 Å². The maximum absolute atomic E-state index is 5.37. The summed E-state index contributed by atoms with van der Waals surface area (Å²) >= 11 is 0. The molecule has 3 heterocycles. The van der Waals surface area contributed by atoms with Crippen LogP contribution in [0.15, 0.2) is 29.5 Å². The lowest BCUT2D eigenvalue weighted by molar-refractivity contribution is 0.0389. The normalized spacial score (nSPS) is 15.7. The number of hydrogen-bond donors (Lipinski definition) is 2. The van der Waals surface area contributed by atoms with Crippen LogP contribution in [0.25, 0.3) is 5.65 Å². The highest BCUT2D eigenvalue weighted by atomic mass is 127. The molecule has 0 aromatic carbocycles. The van der Waals surface area contributed by atoms with Gasteiger partial charge in [-0.1, -0.05) is 6.07 Å². The summed E-state index contributed by atoms with van der Waals surface area (Å²) < 4.78 is 7.45. The fourth-order valence-corrected chi connectivity index (χ4v) is 3.01. The highest BCUT2D eigenvalue weighted by Gasteiger charge is 2.09. The van der Waals surface area contributed by atoms with Crippen molar-refractivity contribution in [1.29, 1.82) is 0 Å². The molecule has 0 radical (unpaired) electrons. The summed E-state index contributed by atoms with van der Waals surface area (Å²) in [6.07, 6.45) is 5.00. The molecule has 2 N–H and O–H groups in total. The Hall–Kier alpha value is -1.39. The van der Waals surface area contributed by atoms with Crippen molar-refractivity contribution in [1.82, 2.24) is 24.9 Å². The molecule has 1 aliphatic rings. The first-order chi connectivity index (χ1) is 12.3. The van der Waals surface area contributed by atoms with E-state index in [9.17, 15) is 0 Å². The van der Waals surface area contributed by atoms with Gasteiger partial charge >= 0.3 is 0 Å². The first-order valence-corrected chi connectivity index (χ1v) is 8.94. The summed E-state index contributed by atoms with van der Waals surface area (Å²) in [4.78, 5) is 11.4. The molecule has 1 fully saturated rings. The van der Waals surface area contributed by atoms with Crippen LogP contribution in [0, 0.1) is 6.92 Å². The Morgan fingerprint density at radius 2 is 2.04 bits per heavy atom. The number of guanidine groups is 1. The van der Waals surface area contributed by atoms with E-state index in [0.29, 0.717) is 0 Å². The molecular formula is C18H29IN6O. The standard InChI is InChI=1S/C18H28N6O.HI/c1-15-4-3-8-24-14-16(22-17(15)24)5-6-20-18(19-2)21-7-9-23-10-12-25-13-11-23;/h3-4,8,14H,5-7,9-13H2,1-2H3,(H2,19,20,21);1H.